The first-order chi connectivity index (χ1) is 8.67. The van der Waals surface area contributed by atoms with Crippen LogP contribution in [-0.2, 0) is 0 Å². The molecule has 0 unspecified atom stereocenters. The van der Waals surface area contributed by atoms with E-state index < -0.39 is 0 Å². The van der Waals surface area contributed by atoms with E-state index >= 15 is 0 Å². The summed E-state index contributed by atoms with van der Waals surface area (Å²) in [4.78, 5) is 0. The Bertz CT molecular complexity index is 461. The van der Waals surface area contributed by atoms with Crippen molar-refractivity contribution in [2.75, 3.05) is 0 Å². The van der Waals surface area contributed by atoms with Crippen LogP contribution in [-0.4, -0.2) is 5.11 Å². The van der Waals surface area contributed by atoms with E-state index in [0.717, 1.165) is 11.1 Å². The minimum atomic E-state index is 0.329. The molecular weight excluding hydrogens is 220 g/mol. The second-order valence-corrected chi connectivity index (χ2v) is 3.87. The fourth-order valence-electron chi connectivity index (χ4n) is 1.43. The van der Waals surface area contributed by atoms with Gasteiger partial charge in [0.1, 0.15) is 5.75 Å². The van der Waals surface area contributed by atoms with Gasteiger partial charge in [0, 0.05) is 0 Å². The van der Waals surface area contributed by atoms with Gasteiger partial charge in [-0.05, 0) is 30.2 Å². The summed E-state index contributed by atoms with van der Waals surface area (Å²) in [6.07, 6.45) is 3.66. The van der Waals surface area contributed by atoms with Gasteiger partial charge in [-0.15, -0.1) is 0 Å². The highest BCUT2D eigenvalue weighted by atomic mass is 16.3. The Morgan fingerprint density at radius 3 is 1.61 bits per heavy atom. The lowest BCUT2D eigenvalue weighted by Gasteiger charge is -1.96. The van der Waals surface area contributed by atoms with E-state index in [4.69, 9.17) is 5.11 Å². The van der Waals surface area contributed by atoms with Crippen molar-refractivity contribution >= 4 is 12.2 Å². The number of hydrogen-bond acceptors (Lipinski definition) is 1. The Hall–Kier alpha value is -2.28. The molecule has 0 aromatic heterocycles. The molecule has 2 aromatic rings. The van der Waals surface area contributed by atoms with Crippen LogP contribution in [0.2, 0.25) is 0 Å². The maximum Gasteiger partial charge on any atom is 0.115 e. The van der Waals surface area contributed by atoms with Crippen LogP contribution in [0.4, 0.5) is 0 Å². The molecule has 0 saturated heterocycles. The fraction of sp³-hybridized carbons (Fsp3) is 0.0588. The average molecular weight is 238 g/mol. The average Bonchev–Trinajstić information content (AvgIpc) is 2.42. The molecule has 0 aliphatic heterocycles. The first kappa shape index (κ1) is 13.8. The van der Waals surface area contributed by atoms with E-state index in [-0.39, 0.29) is 0 Å². The molecule has 0 fully saturated rings. The predicted octanol–water partition coefficient (Wildman–Crippen LogP) is 4.67. The van der Waals surface area contributed by atoms with Crippen LogP contribution >= 0.6 is 0 Å². The number of aryl methyl sites for hydroxylation is 1. The van der Waals surface area contributed by atoms with Crippen molar-refractivity contribution in [3.8, 4) is 5.75 Å². The lowest BCUT2D eigenvalue weighted by atomic mass is 10.1. The van der Waals surface area contributed by atoms with Gasteiger partial charge in [0.05, 0.1) is 0 Å². The molecule has 18 heavy (non-hydrogen) atoms. The SMILES string of the molecule is C=Cc1ccccc1C=C.Cc1ccc(O)cc1. The molecule has 1 N–H and O–H groups in total. The summed E-state index contributed by atoms with van der Waals surface area (Å²) in [6, 6.07) is 15.1. The third-order valence-corrected chi connectivity index (χ3v) is 2.47. The van der Waals surface area contributed by atoms with Crippen molar-refractivity contribution < 1.29 is 5.11 Å². The zero-order valence-electron chi connectivity index (χ0n) is 10.6. The van der Waals surface area contributed by atoms with Crippen LogP contribution in [0.1, 0.15) is 16.7 Å². The number of phenols is 1. The fourth-order valence-corrected chi connectivity index (χ4v) is 1.43. The van der Waals surface area contributed by atoms with E-state index in [1.54, 1.807) is 12.1 Å². The molecule has 0 heterocycles. The van der Waals surface area contributed by atoms with E-state index in [2.05, 4.69) is 13.2 Å². The van der Waals surface area contributed by atoms with Crippen LogP contribution in [0.25, 0.3) is 12.2 Å². The highest BCUT2D eigenvalue weighted by Crippen LogP contribution is 2.10. The summed E-state index contributed by atoms with van der Waals surface area (Å²) in [5.41, 5.74) is 3.44. The molecule has 1 heteroatoms. The Morgan fingerprint density at radius 1 is 0.833 bits per heavy atom. The molecule has 0 spiro atoms. The van der Waals surface area contributed by atoms with Crippen molar-refractivity contribution in [1.29, 1.82) is 0 Å². The molecule has 0 saturated carbocycles. The van der Waals surface area contributed by atoms with Crippen LogP contribution in [0, 0.1) is 6.92 Å². The molecule has 0 bridgehead atoms. The van der Waals surface area contributed by atoms with Gasteiger partial charge in [-0.2, -0.15) is 0 Å². The molecule has 0 atom stereocenters. The summed E-state index contributed by atoms with van der Waals surface area (Å²) in [6.45, 7) is 9.37. The molecule has 0 radical (unpaired) electrons. The smallest absolute Gasteiger partial charge is 0.115 e. The Balaban J connectivity index is 0.000000184. The number of hydrogen-bond donors (Lipinski definition) is 1. The number of rotatable bonds is 2. The van der Waals surface area contributed by atoms with Gasteiger partial charge in [0.15, 0.2) is 0 Å². The molecule has 0 amide bonds. The lowest BCUT2D eigenvalue weighted by molar-refractivity contribution is 0.475. The first-order valence-electron chi connectivity index (χ1n) is 5.77. The standard InChI is InChI=1S/C10H10.C7H8O/c1-3-9-7-5-6-8-10(9)4-2;1-6-2-4-7(8)5-3-6/h3-8H,1-2H2;2-5,8H,1H3. The summed E-state index contributed by atoms with van der Waals surface area (Å²) in [5, 5.41) is 8.76. The second kappa shape index (κ2) is 7.13. The van der Waals surface area contributed by atoms with Gasteiger partial charge in [-0.3, -0.25) is 0 Å². The monoisotopic (exact) mass is 238 g/mol. The number of aromatic hydroxyl groups is 1. The topological polar surface area (TPSA) is 20.2 Å². The van der Waals surface area contributed by atoms with E-state index in [1.807, 2.05) is 55.5 Å². The van der Waals surface area contributed by atoms with Gasteiger partial charge in [-0.1, -0.05) is 67.3 Å². The van der Waals surface area contributed by atoms with Crippen molar-refractivity contribution in [3.05, 3.63) is 78.4 Å². The van der Waals surface area contributed by atoms with Crippen molar-refractivity contribution in [3.63, 3.8) is 0 Å². The Labute approximate surface area is 109 Å². The quantitative estimate of drug-likeness (QED) is 0.805. The first-order valence-corrected chi connectivity index (χ1v) is 5.77. The summed E-state index contributed by atoms with van der Waals surface area (Å²) < 4.78 is 0. The second-order valence-electron chi connectivity index (χ2n) is 3.87. The van der Waals surface area contributed by atoms with Crippen molar-refractivity contribution in [2.45, 2.75) is 6.92 Å². The molecule has 2 rings (SSSR count). The maximum absolute atomic E-state index is 8.76. The summed E-state index contributed by atoms with van der Waals surface area (Å²) in [7, 11) is 0. The van der Waals surface area contributed by atoms with Crippen LogP contribution in [0.15, 0.2) is 61.7 Å². The molecule has 2 aromatic carbocycles. The van der Waals surface area contributed by atoms with Crippen LogP contribution < -0.4 is 0 Å². The lowest BCUT2D eigenvalue weighted by Crippen LogP contribution is -1.76. The van der Waals surface area contributed by atoms with Gasteiger partial charge >= 0.3 is 0 Å². The molecule has 0 aliphatic carbocycles. The third-order valence-electron chi connectivity index (χ3n) is 2.47. The number of benzene rings is 2. The van der Waals surface area contributed by atoms with Crippen molar-refractivity contribution in [1.82, 2.24) is 0 Å². The molecule has 92 valence electrons. The van der Waals surface area contributed by atoms with Crippen LogP contribution in [0.3, 0.4) is 0 Å². The van der Waals surface area contributed by atoms with E-state index in [0.29, 0.717) is 5.75 Å². The zero-order chi connectivity index (χ0) is 13.4. The van der Waals surface area contributed by atoms with E-state index in [9.17, 15) is 0 Å². The summed E-state index contributed by atoms with van der Waals surface area (Å²) in [5.74, 6) is 0.329. The van der Waals surface area contributed by atoms with Crippen molar-refractivity contribution in [2.24, 2.45) is 0 Å². The molecular formula is C17H18O. The maximum atomic E-state index is 8.76. The Morgan fingerprint density at radius 2 is 1.28 bits per heavy atom. The van der Waals surface area contributed by atoms with Gasteiger partial charge < -0.3 is 5.11 Å². The van der Waals surface area contributed by atoms with Gasteiger partial charge in [-0.25, -0.2) is 0 Å². The van der Waals surface area contributed by atoms with E-state index in [1.165, 1.54) is 5.56 Å². The Kier molecular flexibility index (Phi) is 5.46. The highest BCUT2D eigenvalue weighted by molar-refractivity contribution is 5.63. The normalized spacial score (nSPS) is 8.94. The highest BCUT2D eigenvalue weighted by Gasteiger charge is 1.89. The summed E-state index contributed by atoms with van der Waals surface area (Å²) >= 11 is 0. The van der Waals surface area contributed by atoms with Crippen LogP contribution in [0.5, 0.6) is 5.75 Å². The minimum Gasteiger partial charge on any atom is -0.508 e. The predicted molar refractivity (Wildman–Crippen MR) is 79.5 cm³/mol. The largest absolute Gasteiger partial charge is 0.508 e. The third kappa shape index (κ3) is 4.30. The van der Waals surface area contributed by atoms with Gasteiger partial charge in [0.2, 0.25) is 0 Å². The zero-order valence-corrected chi connectivity index (χ0v) is 10.6. The molecule has 1 nitrogen and oxygen atoms in total. The molecule has 0 aliphatic rings. The number of phenolic OH excluding ortho intramolecular Hbond substituents is 1. The van der Waals surface area contributed by atoms with Gasteiger partial charge in [0.25, 0.3) is 0 Å². The minimum absolute atomic E-state index is 0.329.